The maximum Gasteiger partial charge on any atom is 0.0759 e. The van der Waals surface area contributed by atoms with E-state index in [1.807, 2.05) is 6.08 Å². The fourth-order valence-electron chi connectivity index (χ4n) is 5.43. The Morgan fingerprint density at radius 3 is 2.68 bits per heavy atom. The third kappa shape index (κ3) is 2.15. The molecule has 122 valence electrons. The Balaban J connectivity index is 2.04. The largest absolute Gasteiger partial charge is 0.396 e. The number of allylic oxidation sites excluding steroid dienone is 4. The normalized spacial score (nSPS) is 50.8. The summed E-state index contributed by atoms with van der Waals surface area (Å²) in [7, 11) is 0. The van der Waals surface area contributed by atoms with Gasteiger partial charge < -0.3 is 10.2 Å². The quantitative estimate of drug-likeness (QED) is 0.760. The number of aliphatic hydroxyl groups excluding tert-OH is 2. The Hall–Kier alpha value is -0.860. The third-order valence-electron chi connectivity index (χ3n) is 6.94. The molecule has 0 unspecified atom stereocenters. The number of rotatable bonds is 2. The smallest absolute Gasteiger partial charge is 0.0759 e. The summed E-state index contributed by atoms with van der Waals surface area (Å²) in [6.45, 7) is 10.9. The van der Waals surface area contributed by atoms with Gasteiger partial charge in [0, 0.05) is 17.9 Å². The van der Waals surface area contributed by atoms with Crippen molar-refractivity contribution in [1.82, 2.24) is 0 Å². The van der Waals surface area contributed by atoms with E-state index < -0.39 is 6.10 Å². The van der Waals surface area contributed by atoms with Crippen molar-refractivity contribution >= 4 is 0 Å². The van der Waals surface area contributed by atoms with Gasteiger partial charge in [-0.05, 0) is 48.5 Å². The predicted octanol–water partition coefficient (Wildman–Crippen LogP) is 3.86. The molecule has 0 saturated heterocycles. The first-order chi connectivity index (χ1) is 10.3. The molecule has 22 heavy (non-hydrogen) atoms. The fraction of sp³-hybridized carbons (Fsp3) is 0.700. The molecule has 3 aliphatic rings. The number of aliphatic hydroxyl groups is 2. The summed E-state index contributed by atoms with van der Waals surface area (Å²) >= 11 is 0. The average molecular weight is 302 g/mol. The summed E-state index contributed by atoms with van der Waals surface area (Å²) in [5.74, 6) is 0.661. The summed E-state index contributed by atoms with van der Waals surface area (Å²) in [6, 6.07) is 0. The molecule has 0 aromatic carbocycles. The molecular formula is C20H30O2. The van der Waals surface area contributed by atoms with Gasteiger partial charge in [-0.1, -0.05) is 44.6 Å². The first-order valence-electron chi connectivity index (χ1n) is 8.62. The molecule has 2 saturated carbocycles. The van der Waals surface area contributed by atoms with E-state index in [1.165, 1.54) is 12.0 Å². The van der Waals surface area contributed by atoms with Crippen molar-refractivity contribution in [2.75, 3.05) is 6.61 Å². The third-order valence-corrected chi connectivity index (χ3v) is 6.94. The molecule has 3 rings (SSSR count). The topological polar surface area (TPSA) is 40.5 Å². The maximum absolute atomic E-state index is 10.8. The second-order valence-electron chi connectivity index (χ2n) is 8.53. The second-order valence-corrected chi connectivity index (χ2v) is 8.53. The number of hydrogen-bond donors (Lipinski definition) is 2. The van der Waals surface area contributed by atoms with E-state index in [0.717, 1.165) is 19.3 Å². The number of fused-ring (bicyclic) bond motifs is 3. The lowest BCUT2D eigenvalue weighted by atomic mass is 9.46. The van der Waals surface area contributed by atoms with Gasteiger partial charge in [0.15, 0.2) is 0 Å². The Bertz CT molecular complexity index is 534. The van der Waals surface area contributed by atoms with Gasteiger partial charge in [-0.25, -0.2) is 0 Å². The highest BCUT2D eigenvalue weighted by Crippen LogP contribution is 2.62. The molecule has 2 heteroatoms. The zero-order valence-corrected chi connectivity index (χ0v) is 14.2. The highest BCUT2D eigenvalue weighted by Gasteiger charge is 2.56. The van der Waals surface area contributed by atoms with Crippen LogP contribution in [0.3, 0.4) is 0 Å². The van der Waals surface area contributed by atoms with Crippen LogP contribution >= 0.6 is 0 Å². The van der Waals surface area contributed by atoms with Crippen LogP contribution in [0.2, 0.25) is 0 Å². The van der Waals surface area contributed by atoms with Crippen LogP contribution in [0.1, 0.15) is 46.5 Å². The van der Waals surface area contributed by atoms with Crippen molar-refractivity contribution in [2.24, 2.45) is 28.1 Å². The molecule has 0 bridgehead atoms. The minimum atomic E-state index is -0.392. The zero-order chi connectivity index (χ0) is 16.2. The molecule has 0 aliphatic heterocycles. The van der Waals surface area contributed by atoms with Crippen LogP contribution in [0.5, 0.6) is 0 Å². The standard InChI is InChI=1S/C20H30O2/c1-5-18(2)10-7-15-14(12-18)16(22)11-17-19(3,13-21)8-6-9-20(15,17)4/h5,7,10,12,15-17,21-22H,1,6,8-9,11,13H2,2-4H3/t15-,16-,17-,18-,19-,20+/m0/s1. The predicted molar refractivity (Wildman–Crippen MR) is 90.3 cm³/mol. The second kappa shape index (κ2) is 5.07. The highest BCUT2D eigenvalue weighted by atomic mass is 16.3. The lowest BCUT2D eigenvalue weighted by molar-refractivity contribution is -0.0987. The van der Waals surface area contributed by atoms with Crippen molar-refractivity contribution in [2.45, 2.75) is 52.6 Å². The van der Waals surface area contributed by atoms with Crippen molar-refractivity contribution in [3.05, 3.63) is 36.5 Å². The maximum atomic E-state index is 10.8. The van der Waals surface area contributed by atoms with E-state index in [4.69, 9.17) is 0 Å². The molecule has 3 aliphatic carbocycles. The molecular weight excluding hydrogens is 272 g/mol. The molecule has 0 amide bonds. The van der Waals surface area contributed by atoms with Crippen molar-refractivity contribution in [3.8, 4) is 0 Å². The summed E-state index contributed by atoms with van der Waals surface area (Å²) < 4.78 is 0. The van der Waals surface area contributed by atoms with Gasteiger partial charge in [0.1, 0.15) is 0 Å². The van der Waals surface area contributed by atoms with Crippen molar-refractivity contribution in [3.63, 3.8) is 0 Å². The first-order valence-corrected chi connectivity index (χ1v) is 8.62. The SMILES string of the molecule is C=C[C@@]1(C)C=C[C@H]2C(=C1)[C@@H](O)C[C@H]1[C@](C)(CO)CCC[C@]21C. The van der Waals surface area contributed by atoms with E-state index >= 15 is 0 Å². The Kier molecular flexibility index (Phi) is 3.69. The molecule has 0 aromatic heterocycles. The van der Waals surface area contributed by atoms with Crippen molar-refractivity contribution < 1.29 is 10.2 Å². The van der Waals surface area contributed by atoms with E-state index in [1.54, 1.807) is 0 Å². The van der Waals surface area contributed by atoms with E-state index in [0.29, 0.717) is 11.8 Å². The summed E-state index contributed by atoms with van der Waals surface area (Å²) in [5.41, 5.74) is 1.10. The van der Waals surface area contributed by atoms with Crippen molar-refractivity contribution in [1.29, 1.82) is 0 Å². The van der Waals surface area contributed by atoms with Crippen LogP contribution in [0, 0.1) is 28.1 Å². The molecule has 0 heterocycles. The van der Waals surface area contributed by atoms with Crippen LogP contribution in [0.25, 0.3) is 0 Å². The van der Waals surface area contributed by atoms with Gasteiger partial charge >= 0.3 is 0 Å². The first kappa shape index (κ1) is 16.0. The van der Waals surface area contributed by atoms with Gasteiger partial charge in [-0.3, -0.25) is 0 Å². The summed E-state index contributed by atoms with van der Waals surface area (Å²) in [4.78, 5) is 0. The van der Waals surface area contributed by atoms with Gasteiger partial charge in [-0.2, -0.15) is 0 Å². The van der Waals surface area contributed by atoms with Crippen LogP contribution in [-0.4, -0.2) is 22.9 Å². The van der Waals surface area contributed by atoms with Gasteiger partial charge in [0.2, 0.25) is 0 Å². The molecule has 0 radical (unpaired) electrons. The van der Waals surface area contributed by atoms with E-state index in [-0.39, 0.29) is 22.9 Å². The summed E-state index contributed by atoms with van der Waals surface area (Å²) in [5, 5.41) is 20.8. The van der Waals surface area contributed by atoms with Crippen LogP contribution in [-0.2, 0) is 0 Å². The molecule has 2 nitrogen and oxygen atoms in total. The van der Waals surface area contributed by atoms with Gasteiger partial charge in [0.25, 0.3) is 0 Å². The molecule has 2 N–H and O–H groups in total. The van der Waals surface area contributed by atoms with Gasteiger partial charge in [0.05, 0.1) is 6.10 Å². The Morgan fingerprint density at radius 2 is 2.05 bits per heavy atom. The minimum absolute atomic E-state index is 0.0630. The monoisotopic (exact) mass is 302 g/mol. The van der Waals surface area contributed by atoms with Crippen LogP contribution in [0.4, 0.5) is 0 Å². The highest BCUT2D eigenvalue weighted by molar-refractivity contribution is 5.37. The van der Waals surface area contributed by atoms with Gasteiger partial charge in [-0.15, -0.1) is 6.58 Å². The number of hydrogen-bond acceptors (Lipinski definition) is 2. The minimum Gasteiger partial charge on any atom is -0.396 e. The Labute approximate surface area is 134 Å². The lowest BCUT2D eigenvalue weighted by Crippen LogP contribution is -2.55. The molecule has 0 spiro atoms. The van der Waals surface area contributed by atoms with E-state index in [2.05, 4.69) is 45.6 Å². The van der Waals surface area contributed by atoms with E-state index in [9.17, 15) is 10.2 Å². The lowest BCUT2D eigenvalue weighted by Gasteiger charge is -2.59. The Morgan fingerprint density at radius 1 is 1.32 bits per heavy atom. The summed E-state index contributed by atoms with van der Waals surface area (Å²) in [6.07, 6.45) is 12.5. The molecule has 2 fully saturated rings. The zero-order valence-electron chi connectivity index (χ0n) is 14.2. The molecule has 0 aromatic rings. The molecule has 6 atom stereocenters. The average Bonchev–Trinajstić information content (AvgIpc) is 2.50. The van der Waals surface area contributed by atoms with Crippen LogP contribution in [0.15, 0.2) is 36.5 Å². The fourth-order valence-corrected chi connectivity index (χ4v) is 5.43. The van der Waals surface area contributed by atoms with Crippen LogP contribution < -0.4 is 0 Å².